The molecule has 0 atom stereocenters. The summed E-state index contributed by atoms with van der Waals surface area (Å²) in [5.41, 5.74) is 0.978. The molecule has 0 unspecified atom stereocenters. The Morgan fingerprint density at radius 2 is 1.89 bits per heavy atom. The quantitative estimate of drug-likeness (QED) is 0.169. The van der Waals surface area contributed by atoms with Gasteiger partial charge in [0.2, 0.25) is 5.91 Å². The number of amides is 1. The van der Waals surface area contributed by atoms with Gasteiger partial charge in [0.1, 0.15) is 22.8 Å². The number of aromatic amines is 1. The number of aromatic nitrogens is 4. The summed E-state index contributed by atoms with van der Waals surface area (Å²) in [5.74, 6) is -1.79. The first kappa shape index (κ1) is 27.1. The molecular weight excluding hydrogens is 487 g/mol. The number of benzene rings is 1. The predicted molar refractivity (Wildman–Crippen MR) is 134 cm³/mol. The topological polar surface area (TPSA) is 144 Å². The van der Waals surface area contributed by atoms with Crippen LogP contribution in [0.3, 0.4) is 0 Å². The minimum atomic E-state index is -4.72. The van der Waals surface area contributed by atoms with E-state index in [1.54, 1.807) is 60.7 Å². The molecule has 5 N–H and O–H groups in total. The normalized spacial score (nSPS) is 12.9. The maximum absolute atomic E-state index is 13.0. The van der Waals surface area contributed by atoms with E-state index in [4.69, 9.17) is 10.8 Å². The molecule has 194 valence electrons. The van der Waals surface area contributed by atoms with E-state index in [0.717, 1.165) is 25.0 Å². The van der Waals surface area contributed by atoms with Gasteiger partial charge in [0.05, 0.1) is 24.5 Å². The number of alkyl halides is 3. The van der Waals surface area contributed by atoms with Gasteiger partial charge in [-0.05, 0) is 31.1 Å². The molecule has 0 spiro atoms. The second-order valence-corrected chi connectivity index (χ2v) is 8.82. The summed E-state index contributed by atoms with van der Waals surface area (Å²) in [5, 5.41) is 31.4. The van der Waals surface area contributed by atoms with Gasteiger partial charge in [0.25, 0.3) is 0 Å². The third-order valence-electron chi connectivity index (χ3n) is 5.62. The molecule has 0 saturated heterocycles. The highest BCUT2D eigenvalue weighted by molar-refractivity contribution is 6.14. The van der Waals surface area contributed by atoms with Gasteiger partial charge in [-0.3, -0.25) is 14.9 Å². The number of rotatable bonds is 8. The van der Waals surface area contributed by atoms with Crippen molar-refractivity contribution in [3.63, 3.8) is 0 Å². The van der Waals surface area contributed by atoms with Crippen molar-refractivity contribution in [2.24, 2.45) is 12.5 Å². The summed E-state index contributed by atoms with van der Waals surface area (Å²) >= 11 is 0. The number of H-pyrrole nitrogens is 1. The number of carbonyl (C=O) groups excluding carboxylic acids is 1. The molecule has 3 rings (SSSR count). The van der Waals surface area contributed by atoms with Crippen LogP contribution in [0.5, 0.6) is 0 Å². The molecule has 0 radical (unpaired) electrons. The van der Waals surface area contributed by atoms with Crippen molar-refractivity contribution in [1.29, 1.82) is 10.8 Å². The summed E-state index contributed by atoms with van der Waals surface area (Å²) in [6.07, 6.45) is 3.77. The zero-order valence-corrected chi connectivity index (χ0v) is 20.3. The number of allylic oxidation sites excluding steroid dienone is 2. The number of imidazole rings is 1. The van der Waals surface area contributed by atoms with Crippen molar-refractivity contribution in [2.45, 2.75) is 26.4 Å². The largest absolute Gasteiger partial charge is 0.511 e. The minimum absolute atomic E-state index is 0.120. The minimum Gasteiger partial charge on any atom is -0.511 e. The number of aryl methyl sites for hydroxylation is 1. The van der Waals surface area contributed by atoms with Crippen LogP contribution < -0.4 is 5.32 Å². The summed E-state index contributed by atoms with van der Waals surface area (Å²) in [7, 11) is 1.79. The molecule has 0 aliphatic carbocycles. The monoisotopic (exact) mass is 513 g/mol. The number of nitrogens with zero attached hydrogens (tertiary/aromatic N) is 3. The van der Waals surface area contributed by atoms with Crippen molar-refractivity contribution in [1.82, 2.24) is 25.1 Å². The molecule has 9 nitrogen and oxygen atoms in total. The first-order valence-electron chi connectivity index (χ1n) is 11.0. The van der Waals surface area contributed by atoms with E-state index < -0.39 is 29.1 Å². The highest BCUT2D eigenvalue weighted by atomic mass is 19.4. The number of nitrogens with one attached hydrogen (secondary N) is 4. The van der Waals surface area contributed by atoms with Crippen LogP contribution in [0.25, 0.3) is 22.9 Å². The van der Waals surface area contributed by atoms with E-state index in [0.29, 0.717) is 28.7 Å². The number of halogens is 3. The van der Waals surface area contributed by atoms with Crippen molar-refractivity contribution < 1.29 is 23.1 Å². The zero-order chi connectivity index (χ0) is 27.4. The fraction of sp³-hybridized carbons (Fsp3) is 0.240. The molecule has 0 saturated carbocycles. The molecule has 0 bridgehead atoms. The standard InChI is InChI=1S/C25H26F3N7O2/c1-24(2,25(26,27)28)20(36)10-21(30)34-23(37)8-15-4-6-16(7-5-15)19-13-31-22(33-19)9-17(11-29)18-12-32-35(3)14-18/h4-7,9-14,29,36H,8H2,1-3H3,(H,31,33)(H2,30,34,37)/b17-9+,20-10-,29-11?. The molecule has 1 aromatic carbocycles. The Balaban J connectivity index is 1.63. The summed E-state index contributed by atoms with van der Waals surface area (Å²) in [4.78, 5) is 19.7. The second kappa shape index (κ2) is 10.6. The van der Waals surface area contributed by atoms with Gasteiger partial charge < -0.3 is 20.8 Å². The number of hydrogen-bond acceptors (Lipinski definition) is 6. The van der Waals surface area contributed by atoms with Gasteiger partial charge in [-0.15, -0.1) is 0 Å². The van der Waals surface area contributed by atoms with Crippen LogP contribution in [0.1, 0.15) is 30.8 Å². The average molecular weight is 514 g/mol. The van der Waals surface area contributed by atoms with Crippen molar-refractivity contribution >= 4 is 29.6 Å². The van der Waals surface area contributed by atoms with Crippen LogP contribution in [0.15, 0.2) is 54.7 Å². The lowest BCUT2D eigenvalue weighted by molar-refractivity contribution is -0.206. The maximum Gasteiger partial charge on any atom is 0.400 e. The lowest BCUT2D eigenvalue weighted by atomic mass is 9.89. The Morgan fingerprint density at radius 1 is 1.22 bits per heavy atom. The van der Waals surface area contributed by atoms with Crippen molar-refractivity contribution in [2.75, 3.05) is 0 Å². The van der Waals surface area contributed by atoms with Crippen LogP contribution in [-0.2, 0) is 18.3 Å². The van der Waals surface area contributed by atoms with E-state index in [-0.39, 0.29) is 6.42 Å². The second-order valence-electron chi connectivity index (χ2n) is 8.82. The Hall–Kier alpha value is -4.48. The molecular formula is C25H26F3N7O2. The van der Waals surface area contributed by atoms with Crippen molar-refractivity contribution in [3.05, 3.63) is 71.6 Å². The number of hydrogen-bond donors (Lipinski definition) is 5. The zero-order valence-electron chi connectivity index (χ0n) is 20.3. The van der Waals surface area contributed by atoms with Gasteiger partial charge >= 0.3 is 6.18 Å². The SMILES string of the molecule is Cn1cc(/C(C=N)=C/c2ncc(-c3ccc(CC(=O)NC(=N)/C=C(\O)C(C)(C)C(F)(F)F)cc3)[nH]2)cn1. The Kier molecular flexibility index (Phi) is 7.80. The Morgan fingerprint density at radius 3 is 2.46 bits per heavy atom. The van der Waals surface area contributed by atoms with E-state index in [9.17, 15) is 23.1 Å². The molecule has 1 amide bonds. The molecule has 0 fully saturated rings. The summed E-state index contributed by atoms with van der Waals surface area (Å²) in [6, 6.07) is 6.94. The fourth-order valence-corrected chi connectivity index (χ4v) is 3.16. The first-order chi connectivity index (χ1) is 17.3. The van der Waals surface area contributed by atoms with Gasteiger partial charge in [0, 0.05) is 36.7 Å². The lowest BCUT2D eigenvalue weighted by Gasteiger charge is -2.26. The number of amidine groups is 1. The third kappa shape index (κ3) is 6.60. The number of aliphatic hydroxyl groups is 1. The molecule has 2 aromatic heterocycles. The Labute approximate surface area is 210 Å². The first-order valence-corrected chi connectivity index (χ1v) is 11.0. The van der Waals surface area contributed by atoms with Gasteiger partial charge in [-0.1, -0.05) is 24.3 Å². The van der Waals surface area contributed by atoms with Crippen LogP contribution in [0, 0.1) is 16.2 Å². The summed E-state index contributed by atoms with van der Waals surface area (Å²) < 4.78 is 40.7. The third-order valence-corrected chi connectivity index (χ3v) is 5.62. The van der Waals surface area contributed by atoms with Crippen molar-refractivity contribution in [3.8, 4) is 11.3 Å². The molecule has 0 aliphatic rings. The van der Waals surface area contributed by atoms with Crippen LogP contribution in [0.4, 0.5) is 13.2 Å². The molecule has 3 aromatic rings. The molecule has 12 heteroatoms. The predicted octanol–water partition coefficient (Wildman–Crippen LogP) is 4.67. The van der Waals surface area contributed by atoms with Gasteiger partial charge in [-0.2, -0.15) is 18.3 Å². The van der Waals surface area contributed by atoms with Crippen LogP contribution >= 0.6 is 0 Å². The average Bonchev–Trinajstić information content (AvgIpc) is 3.46. The highest BCUT2D eigenvalue weighted by Gasteiger charge is 2.50. The van der Waals surface area contributed by atoms with Crippen LogP contribution in [-0.4, -0.2) is 49.0 Å². The van der Waals surface area contributed by atoms with E-state index in [1.807, 2.05) is 0 Å². The molecule has 37 heavy (non-hydrogen) atoms. The van der Waals surface area contributed by atoms with E-state index in [2.05, 4.69) is 20.4 Å². The maximum atomic E-state index is 13.0. The van der Waals surface area contributed by atoms with Crippen LogP contribution in [0.2, 0.25) is 0 Å². The van der Waals surface area contributed by atoms with Gasteiger partial charge in [-0.25, -0.2) is 4.98 Å². The molecule has 2 heterocycles. The van der Waals surface area contributed by atoms with E-state index >= 15 is 0 Å². The summed E-state index contributed by atoms with van der Waals surface area (Å²) in [6.45, 7) is 1.56. The lowest BCUT2D eigenvalue weighted by Crippen LogP contribution is -2.36. The van der Waals surface area contributed by atoms with Gasteiger partial charge in [0.15, 0.2) is 0 Å². The van der Waals surface area contributed by atoms with E-state index in [1.165, 1.54) is 6.21 Å². The highest BCUT2D eigenvalue weighted by Crippen LogP contribution is 2.42. The molecule has 0 aliphatic heterocycles. The fourth-order valence-electron chi connectivity index (χ4n) is 3.16. The number of aliphatic hydroxyl groups excluding tert-OH is 1. The number of carbonyl (C=O) groups is 1. The Bertz CT molecular complexity index is 1360. The smallest absolute Gasteiger partial charge is 0.400 e.